The molecule has 8 nitrogen and oxygen atoms in total. The summed E-state index contributed by atoms with van der Waals surface area (Å²) in [6.07, 6.45) is 1.86. The first kappa shape index (κ1) is 20.5. The molecule has 152 valence electrons. The molecule has 1 unspecified atom stereocenters. The third kappa shape index (κ3) is 4.60. The molecule has 0 spiro atoms. The van der Waals surface area contributed by atoms with E-state index < -0.39 is 10.7 Å². The fourth-order valence-electron chi connectivity index (χ4n) is 3.46. The van der Waals surface area contributed by atoms with Gasteiger partial charge in [-0.3, -0.25) is 19.7 Å². The third-order valence-corrected chi connectivity index (χ3v) is 4.96. The van der Waals surface area contributed by atoms with Crippen LogP contribution in [-0.2, 0) is 0 Å². The van der Waals surface area contributed by atoms with Gasteiger partial charge >= 0.3 is 0 Å². The van der Waals surface area contributed by atoms with E-state index in [0.717, 1.165) is 19.4 Å². The van der Waals surface area contributed by atoms with Crippen LogP contribution in [0.15, 0.2) is 42.5 Å². The van der Waals surface area contributed by atoms with Crippen molar-refractivity contribution in [1.82, 2.24) is 10.6 Å². The largest absolute Gasteiger partial charge is 0.372 e. The van der Waals surface area contributed by atoms with E-state index in [1.807, 2.05) is 0 Å². The van der Waals surface area contributed by atoms with E-state index in [2.05, 4.69) is 10.6 Å². The highest BCUT2D eigenvalue weighted by Crippen LogP contribution is 2.29. The summed E-state index contributed by atoms with van der Waals surface area (Å²) >= 11 is 0. The Labute approximate surface area is 169 Å². The molecule has 3 rings (SSSR count). The van der Waals surface area contributed by atoms with Crippen molar-refractivity contribution in [1.29, 1.82) is 0 Å². The molecule has 0 aliphatic carbocycles. The predicted molar refractivity (Wildman–Crippen MR) is 111 cm³/mol. The Bertz CT molecular complexity index is 936. The van der Waals surface area contributed by atoms with Gasteiger partial charge in [0.05, 0.1) is 10.5 Å². The number of carbonyl (C=O) groups excluding carboxylic acids is 2. The number of ketones is 1. The summed E-state index contributed by atoms with van der Waals surface area (Å²) in [6.45, 7) is 1.63. The zero-order valence-electron chi connectivity index (χ0n) is 16.5. The average molecular weight is 396 g/mol. The van der Waals surface area contributed by atoms with E-state index in [9.17, 15) is 19.7 Å². The molecule has 1 aliphatic heterocycles. The molecule has 1 amide bonds. The lowest BCUT2D eigenvalue weighted by molar-refractivity contribution is -0.384. The minimum absolute atomic E-state index is 0.0138. The van der Waals surface area contributed by atoms with Crippen LogP contribution in [-0.4, -0.2) is 49.8 Å². The Kier molecular flexibility index (Phi) is 6.23. The zero-order valence-corrected chi connectivity index (χ0v) is 16.5. The fraction of sp³-hybridized carbons (Fsp3) is 0.333. The summed E-state index contributed by atoms with van der Waals surface area (Å²) in [4.78, 5) is 38.4. The molecule has 0 radical (unpaired) electrons. The molecule has 8 heteroatoms. The second-order valence-corrected chi connectivity index (χ2v) is 7.25. The van der Waals surface area contributed by atoms with Crippen molar-refractivity contribution < 1.29 is 14.5 Å². The van der Waals surface area contributed by atoms with Crippen LogP contribution in [0.5, 0.6) is 0 Å². The molecule has 1 heterocycles. The van der Waals surface area contributed by atoms with Gasteiger partial charge in [0.2, 0.25) is 0 Å². The highest BCUT2D eigenvalue weighted by molar-refractivity contribution is 6.15. The predicted octanol–water partition coefficient (Wildman–Crippen LogP) is 2.37. The van der Waals surface area contributed by atoms with Gasteiger partial charge in [-0.15, -0.1) is 0 Å². The van der Waals surface area contributed by atoms with Crippen LogP contribution in [0.3, 0.4) is 0 Å². The van der Waals surface area contributed by atoms with Crippen molar-refractivity contribution in [2.24, 2.45) is 0 Å². The number of anilines is 1. The van der Waals surface area contributed by atoms with Crippen LogP contribution in [0, 0.1) is 10.1 Å². The Hall–Kier alpha value is -3.26. The molecular formula is C21H24N4O4. The number of rotatable bonds is 6. The van der Waals surface area contributed by atoms with Crippen molar-refractivity contribution in [2.45, 2.75) is 18.9 Å². The van der Waals surface area contributed by atoms with Crippen molar-refractivity contribution in [3.63, 3.8) is 0 Å². The molecule has 0 saturated carbocycles. The number of hydrogen-bond acceptors (Lipinski definition) is 6. The van der Waals surface area contributed by atoms with Crippen LogP contribution < -0.4 is 15.5 Å². The molecule has 0 aromatic heterocycles. The molecule has 1 aliphatic rings. The molecule has 1 atom stereocenters. The maximum atomic E-state index is 13.1. The molecule has 1 fully saturated rings. The van der Waals surface area contributed by atoms with E-state index in [0.29, 0.717) is 12.2 Å². The molecule has 1 saturated heterocycles. The van der Waals surface area contributed by atoms with E-state index in [4.69, 9.17) is 0 Å². The summed E-state index contributed by atoms with van der Waals surface area (Å²) in [5.41, 5.74) is 0.906. The summed E-state index contributed by atoms with van der Waals surface area (Å²) in [6, 6.07) is 10.9. The van der Waals surface area contributed by atoms with E-state index >= 15 is 0 Å². The lowest BCUT2D eigenvalue weighted by atomic mass is 9.96. The van der Waals surface area contributed by atoms with Gasteiger partial charge in [0.15, 0.2) is 5.78 Å². The molecule has 2 aromatic carbocycles. The summed E-state index contributed by atoms with van der Waals surface area (Å²) in [5, 5.41) is 17.6. The van der Waals surface area contributed by atoms with Gasteiger partial charge in [-0.05, 0) is 37.6 Å². The molecule has 0 bridgehead atoms. The fourth-order valence-corrected chi connectivity index (χ4v) is 3.46. The highest BCUT2D eigenvalue weighted by atomic mass is 16.6. The van der Waals surface area contributed by atoms with E-state index in [1.54, 1.807) is 55.4 Å². The standard InChI is InChI=1S/C21H24N4O4/c1-24(2)18-10-9-14(12-19(18)25(28)29)20(26)16-7-3-4-8-17(16)21(27)23-15-6-5-11-22-13-15/h3-4,7-10,12,15,22H,5-6,11,13H2,1-2H3,(H,23,27). The first-order valence-corrected chi connectivity index (χ1v) is 9.49. The van der Waals surface area contributed by atoms with E-state index in [-0.39, 0.29) is 34.3 Å². The number of nitrogens with one attached hydrogen (secondary N) is 2. The lowest BCUT2D eigenvalue weighted by Gasteiger charge is -2.24. The number of hydrogen-bond donors (Lipinski definition) is 2. The van der Waals surface area contributed by atoms with Crippen LogP contribution >= 0.6 is 0 Å². The zero-order chi connectivity index (χ0) is 21.0. The van der Waals surface area contributed by atoms with Gasteiger partial charge in [-0.1, -0.05) is 18.2 Å². The van der Waals surface area contributed by atoms with Crippen molar-refractivity contribution >= 4 is 23.1 Å². The average Bonchev–Trinajstić information content (AvgIpc) is 2.73. The maximum absolute atomic E-state index is 13.1. The van der Waals surface area contributed by atoms with Crippen LogP contribution in [0.2, 0.25) is 0 Å². The number of nitro groups is 1. The van der Waals surface area contributed by atoms with Crippen LogP contribution in [0.25, 0.3) is 0 Å². The minimum Gasteiger partial charge on any atom is -0.372 e. The molecule has 29 heavy (non-hydrogen) atoms. The number of benzene rings is 2. The second-order valence-electron chi connectivity index (χ2n) is 7.25. The topological polar surface area (TPSA) is 105 Å². The number of piperidine rings is 1. The summed E-state index contributed by atoms with van der Waals surface area (Å²) in [5.74, 6) is -0.743. The number of nitrogens with zero attached hydrogens (tertiary/aromatic N) is 2. The first-order chi connectivity index (χ1) is 13.9. The van der Waals surface area contributed by atoms with Crippen LogP contribution in [0.1, 0.15) is 39.1 Å². The number of nitro benzene ring substituents is 1. The number of amides is 1. The van der Waals surface area contributed by atoms with Gasteiger partial charge in [-0.2, -0.15) is 0 Å². The van der Waals surface area contributed by atoms with Crippen LogP contribution in [0.4, 0.5) is 11.4 Å². The molecular weight excluding hydrogens is 372 g/mol. The van der Waals surface area contributed by atoms with E-state index in [1.165, 1.54) is 6.07 Å². The SMILES string of the molecule is CN(C)c1ccc(C(=O)c2ccccc2C(=O)NC2CCCNC2)cc1[N+](=O)[O-]. The first-order valence-electron chi connectivity index (χ1n) is 9.49. The van der Waals surface area contributed by atoms with Crippen molar-refractivity contribution in [3.8, 4) is 0 Å². The normalized spacial score (nSPS) is 16.1. The Morgan fingerprint density at radius 3 is 2.52 bits per heavy atom. The summed E-state index contributed by atoms with van der Waals surface area (Å²) < 4.78 is 0. The maximum Gasteiger partial charge on any atom is 0.293 e. The van der Waals surface area contributed by atoms with Gasteiger partial charge < -0.3 is 15.5 Å². The second kappa shape index (κ2) is 8.83. The Morgan fingerprint density at radius 2 is 1.90 bits per heavy atom. The minimum atomic E-state index is -0.513. The van der Waals surface area contributed by atoms with Gasteiger partial charge in [0.25, 0.3) is 11.6 Å². The Balaban J connectivity index is 1.91. The van der Waals surface area contributed by atoms with Gasteiger partial charge in [0, 0.05) is 43.9 Å². The molecule has 2 aromatic rings. The van der Waals surface area contributed by atoms with Gasteiger partial charge in [-0.25, -0.2) is 0 Å². The highest BCUT2D eigenvalue weighted by Gasteiger charge is 2.24. The monoisotopic (exact) mass is 396 g/mol. The summed E-state index contributed by atoms with van der Waals surface area (Å²) in [7, 11) is 3.40. The van der Waals surface area contributed by atoms with Gasteiger partial charge in [0.1, 0.15) is 5.69 Å². The Morgan fingerprint density at radius 1 is 1.17 bits per heavy atom. The van der Waals surface area contributed by atoms with Crippen molar-refractivity contribution in [2.75, 3.05) is 32.1 Å². The number of carbonyl (C=O) groups is 2. The van der Waals surface area contributed by atoms with Crippen molar-refractivity contribution in [3.05, 3.63) is 69.3 Å². The molecule has 2 N–H and O–H groups in total. The lowest BCUT2D eigenvalue weighted by Crippen LogP contribution is -2.45. The third-order valence-electron chi connectivity index (χ3n) is 4.96. The smallest absolute Gasteiger partial charge is 0.293 e. The quantitative estimate of drug-likeness (QED) is 0.441.